The number of pyridine rings is 1. The standard InChI is InChI=1S/C26H28F2N6O3/c1-13-8-34-22(29-13)15(21(27)28)7-17(31-34)14-6-19(37-5)23-30-18(11-32(23)9-14)20-16-10-33(24(35)36)12-26(16,20)25(2,3)4/h6-9,11,16,20-21H,10,12H2,1-5H3,(H,35,36). The van der Waals surface area contributed by atoms with Crippen LogP contribution in [0.3, 0.4) is 0 Å². The zero-order chi connectivity index (χ0) is 26.4. The molecule has 2 fully saturated rings. The number of hydrogen-bond donors (Lipinski definition) is 1. The van der Waals surface area contributed by atoms with E-state index in [4.69, 9.17) is 9.72 Å². The van der Waals surface area contributed by atoms with Crippen LogP contribution in [0.25, 0.3) is 22.6 Å². The number of carboxylic acid groups (broad SMARTS) is 1. The molecule has 0 aromatic carbocycles. The zero-order valence-corrected chi connectivity index (χ0v) is 21.2. The summed E-state index contributed by atoms with van der Waals surface area (Å²) < 4.78 is 36.6. The predicted molar refractivity (Wildman–Crippen MR) is 131 cm³/mol. The van der Waals surface area contributed by atoms with E-state index in [2.05, 4.69) is 30.9 Å². The van der Waals surface area contributed by atoms with Crippen molar-refractivity contribution in [3.63, 3.8) is 0 Å². The molecule has 194 valence electrons. The monoisotopic (exact) mass is 510 g/mol. The molecule has 0 radical (unpaired) electrons. The normalized spacial score (nSPS) is 23.3. The molecular weight excluding hydrogens is 482 g/mol. The molecule has 6 rings (SSSR count). The first-order valence-corrected chi connectivity index (χ1v) is 12.1. The fourth-order valence-corrected chi connectivity index (χ4v) is 6.44. The van der Waals surface area contributed by atoms with Gasteiger partial charge in [0.15, 0.2) is 17.0 Å². The number of aromatic nitrogens is 5. The van der Waals surface area contributed by atoms with Crippen molar-refractivity contribution < 1.29 is 23.4 Å². The lowest BCUT2D eigenvalue weighted by molar-refractivity contribution is 0.129. The number of aryl methyl sites for hydroxylation is 1. The molecule has 9 nitrogen and oxygen atoms in total. The maximum absolute atomic E-state index is 13.9. The van der Waals surface area contributed by atoms with Gasteiger partial charge in [-0.25, -0.2) is 28.1 Å². The number of rotatable bonds is 4. The second kappa shape index (κ2) is 7.62. The number of piperidine rings is 1. The molecule has 1 aliphatic carbocycles. The van der Waals surface area contributed by atoms with Crippen LogP contribution in [0.2, 0.25) is 0 Å². The van der Waals surface area contributed by atoms with E-state index in [1.807, 2.05) is 16.8 Å². The van der Waals surface area contributed by atoms with Gasteiger partial charge in [0.25, 0.3) is 6.43 Å². The van der Waals surface area contributed by atoms with Crippen molar-refractivity contribution >= 4 is 17.4 Å². The molecule has 1 amide bonds. The minimum Gasteiger partial charge on any atom is -0.493 e. The van der Waals surface area contributed by atoms with Gasteiger partial charge in [-0.1, -0.05) is 20.8 Å². The number of amides is 1. The number of ether oxygens (including phenoxy) is 1. The van der Waals surface area contributed by atoms with Crippen LogP contribution in [-0.2, 0) is 0 Å². The van der Waals surface area contributed by atoms with E-state index >= 15 is 0 Å². The first kappa shape index (κ1) is 23.6. The highest BCUT2D eigenvalue weighted by Gasteiger charge is 2.75. The fourth-order valence-electron chi connectivity index (χ4n) is 6.44. The highest BCUT2D eigenvalue weighted by molar-refractivity contribution is 5.70. The Morgan fingerprint density at radius 1 is 1.19 bits per heavy atom. The van der Waals surface area contributed by atoms with Crippen LogP contribution >= 0.6 is 0 Å². The lowest BCUT2D eigenvalue weighted by Crippen LogP contribution is -2.36. The summed E-state index contributed by atoms with van der Waals surface area (Å²) in [5, 5.41) is 14.1. The number of likely N-dealkylation sites (tertiary alicyclic amines) is 1. The highest BCUT2D eigenvalue weighted by atomic mass is 19.3. The lowest BCUT2D eigenvalue weighted by atomic mass is 9.75. The third-order valence-corrected chi connectivity index (χ3v) is 8.23. The van der Waals surface area contributed by atoms with Crippen molar-refractivity contribution in [1.82, 2.24) is 28.9 Å². The SMILES string of the molecule is COc1cc(-c2cc(C(F)F)c3nc(C)cn3n2)cn2cc(C3C4CN(C(=O)O)CC43C(C)(C)C)nc12. The van der Waals surface area contributed by atoms with Crippen LogP contribution < -0.4 is 4.74 Å². The Morgan fingerprint density at radius 3 is 2.57 bits per heavy atom. The highest BCUT2D eigenvalue weighted by Crippen LogP contribution is 2.75. The molecule has 3 unspecified atom stereocenters. The van der Waals surface area contributed by atoms with Gasteiger partial charge in [-0.2, -0.15) is 5.10 Å². The summed E-state index contributed by atoms with van der Waals surface area (Å²) in [6.07, 6.45) is 1.78. The number of halogens is 2. The molecule has 0 bridgehead atoms. The van der Waals surface area contributed by atoms with E-state index in [-0.39, 0.29) is 33.9 Å². The summed E-state index contributed by atoms with van der Waals surface area (Å²) in [6.45, 7) is 9.15. The van der Waals surface area contributed by atoms with Gasteiger partial charge in [0.05, 0.1) is 36.0 Å². The molecule has 1 saturated heterocycles. The van der Waals surface area contributed by atoms with Crippen molar-refractivity contribution in [1.29, 1.82) is 0 Å². The Morgan fingerprint density at radius 2 is 1.95 bits per heavy atom. The average molecular weight is 511 g/mol. The number of methoxy groups -OCH3 is 1. The first-order valence-electron chi connectivity index (χ1n) is 12.1. The Bertz CT molecular complexity index is 1570. The molecule has 4 aromatic heterocycles. The number of carbonyl (C=O) groups is 1. The first-order chi connectivity index (χ1) is 17.4. The summed E-state index contributed by atoms with van der Waals surface area (Å²) in [4.78, 5) is 22.3. The van der Waals surface area contributed by atoms with Gasteiger partial charge in [-0.05, 0) is 30.4 Å². The summed E-state index contributed by atoms with van der Waals surface area (Å²) in [6, 6.07) is 3.12. The van der Waals surface area contributed by atoms with Crippen LogP contribution in [0, 0.1) is 23.7 Å². The van der Waals surface area contributed by atoms with E-state index in [0.29, 0.717) is 41.4 Å². The van der Waals surface area contributed by atoms with E-state index in [1.165, 1.54) is 15.5 Å². The zero-order valence-electron chi connectivity index (χ0n) is 21.2. The topological polar surface area (TPSA) is 97.3 Å². The van der Waals surface area contributed by atoms with E-state index in [0.717, 1.165) is 5.69 Å². The summed E-state index contributed by atoms with van der Waals surface area (Å²) in [7, 11) is 1.54. The largest absolute Gasteiger partial charge is 0.493 e. The minimum absolute atomic E-state index is 0.116. The molecule has 2 aliphatic rings. The summed E-state index contributed by atoms with van der Waals surface area (Å²) in [5.41, 5.74) is 2.68. The number of fused-ring (bicyclic) bond motifs is 3. The number of hydrogen-bond acceptors (Lipinski definition) is 5. The summed E-state index contributed by atoms with van der Waals surface area (Å²) >= 11 is 0. The molecule has 11 heteroatoms. The van der Waals surface area contributed by atoms with E-state index in [1.54, 1.807) is 26.3 Å². The van der Waals surface area contributed by atoms with Gasteiger partial charge in [-0.3, -0.25) is 0 Å². The van der Waals surface area contributed by atoms with Gasteiger partial charge in [0, 0.05) is 42.4 Å². The van der Waals surface area contributed by atoms with Crippen LogP contribution in [0.1, 0.15) is 50.1 Å². The molecule has 1 saturated carbocycles. The van der Waals surface area contributed by atoms with Crippen LogP contribution in [-0.4, -0.2) is 60.3 Å². The maximum atomic E-state index is 13.9. The van der Waals surface area contributed by atoms with Crippen molar-refractivity contribution in [2.75, 3.05) is 20.2 Å². The second-order valence-electron chi connectivity index (χ2n) is 11.2. The Kier molecular flexibility index (Phi) is 4.87. The van der Waals surface area contributed by atoms with Crippen molar-refractivity contribution in [2.24, 2.45) is 16.7 Å². The van der Waals surface area contributed by atoms with Crippen molar-refractivity contribution in [3.05, 3.63) is 47.7 Å². The van der Waals surface area contributed by atoms with Gasteiger partial charge >= 0.3 is 6.09 Å². The van der Waals surface area contributed by atoms with Gasteiger partial charge in [0.1, 0.15) is 0 Å². The Labute approximate surface area is 211 Å². The third-order valence-electron chi connectivity index (χ3n) is 8.23. The predicted octanol–water partition coefficient (Wildman–Crippen LogP) is 5.04. The Hall–Kier alpha value is -3.76. The summed E-state index contributed by atoms with van der Waals surface area (Å²) in [5.74, 6) is 0.792. The number of alkyl halides is 2. The Balaban J connectivity index is 1.45. The molecule has 1 N–H and O–H groups in total. The second-order valence-corrected chi connectivity index (χ2v) is 11.2. The molecule has 4 aromatic rings. The van der Waals surface area contributed by atoms with E-state index < -0.39 is 12.5 Å². The van der Waals surface area contributed by atoms with Gasteiger partial charge < -0.3 is 19.1 Å². The average Bonchev–Trinajstić information content (AvgIpc) is 3.21. The smallest absolute Gasteiger partial charge is 0.407 e. The van der Waals surface area contributed by atoms with Crippen LogP contribution in [0.4, 0.5) is 13.6 Å². The fraction of sp³-hybridized carbons (Fsp3) is 0.462. The lowest BCUT2D eigenvalue weighted by Gasteiger charge is -2.32. The van der Waals surface area contributed by atoms with Crippen molar-refractivity contribution in [3.8, 4) is 17.0 Å². The minimum atomic E-state index is -2.70. The maximum Gasteiger partial charge on any atom is 0.407 e. The molecule has 3 atom stereocenters. The molecule has 37 heavy (non-hydrogen) atoms. The molecule has 0 spiro atoms. The quantitative estimate of drug-likeness (QED) is 0.413. The molecule has 1 aliphatic heterocycles. The van der Waals surface area contributed by atoms with Crippen LogP contribution in [0.15, 0.2) is 30.7 Å². The van der Waals surface area contributed by atoms with Crippen LogP contribution in [0.5, 0.6) is 5.75 Å². The van der Waals surface area contributed by atoms with Crippen molar-refractivity contribution in [2.45, 2.75) is 40.0 Å². The molecular formula is C26H28F2N6O3. The molecule has 5 heterocycles. The van der Waals surface area contributed by atoms with Gasteiger partial charge in [-0.15, -0.1) is 0 Å². The number of nitrogens with zero attached hydrogens (tertiary/aromatic N) is 6. The van der Waals surface area contributed by atoms with E-state index in [9.17, 15) is 18.7 Å². The number of imidazole rings is 2. The van der Waals surface area contributed by atoms with Gasteiger partial charge in [0.2, 0.25) is 0 Å². The third kappa shape index (κ3) is 3.32.